The molecule has 2 aromatic carbocycles. The monoisotopic (exact) mass is 837 g/mol. The second-order valence-electron chi connectivity index (χ2n) is 15.9. The molecule has 1 aromatic heterocycles. The van der Waals surface area contributed by atoms with Crippen LogP contribution in [0.25, 0.3) is 22.0 Å². The molecule has 4 amide bonds. The molecule has 15 nitrogen and oxygen atoms in total. The molecule has 4 N–H and O–H groups in total. The maximum atomic E-state index is 14.6. The van der Waals surface area contributed by atoms with Gasteiger partial charge in [0.05, 0.1) is 36.7 Å². The van der Waals surface area contributed by atoms with Gasteiger partial charge in [-0.1, -0.05) is 37.6 Å². The molecule has 1 saturated heterocycles. The van der Waals surface area contributed by atoms with Crippen molar-refractivity contribution in [1.29, 1.82) is 0 Å². The van der Waals surface area contributed by atoms with Gasteiger partial charge in [0.25, 0.3) is 5.91 Å². The maximum absolute atomic E-state index is 14.6. The minimum atomic E-state index is -3.94. The fraction of sp³-hybridized carbons (Fsp3) is 0.488. The second-order valence-corrected chi connectivity index (χ2v) is 18.3. The molecule has 7 rings (SSSR count). The first-order valence-corrected chi connectivity index (χ1v) is 21.4. The first-order valence-electron chi connectivity index (χ1n) is 19.5. The summed E-state index contributed by atoms with van der Waals surface area (Å²) in [5, 5.41) is 16.2. The molecule has 0 radical (unpaired) electrons. The molecule has 0 unspecified atom stereocenters. The standard InChI is InChI=1S/C41H48ClN5O10S/c1-22-7-5-6-8-26-20-41(26,39(50)46-58(53,54)29-11-12-29)45-36(48)33-19-28(21-47(33)38(49)35(23(2)15-22)44-40(51)52)57-37-30-13-10-27(55-3)16-25(30)18-32(43-37)24-9-14-34(56-4)31(42)17-24/h6,8-10,13-14,16-18,22-23,26,28-29,33,35,44H,5,7,11-12,15,19-21H2,1-4H3,(H,45,48)(H,46,50)(H,51,52)/b8-6-/t22-,23+,26+,28+,33-,35-,41+/m0/s1. The predicted molar refractivity (Wildman–Crippen MR) is 215 cm³/mol. The molecule has 17 heteroatoms. The smallest absolute Gasteiger partial charge is 0.405 e. The van der Waals surface area contributed by atoms with Gasteiger partial charge in [-0.2, -0.15) is 0 Å². The van der Waals surface area contributed by atoms with Gasteiger partial charge in [-0.3, -0.25) is 19.1 Å². The zero-order valence-electron chi connectivity index (χ0n) is 32.7. The van der Waals surface area contributed by atoms with Gasteiger partial charge in [-0.25, -0.2) is 18.2 Å². The number of aromatic nitrogens is 1. The normalized spacial score (nSPS) is 28.2. The Bertz CT molecular complexity index is 2270. The number of nitrogens with zero attached hydrogens (tertiary/aromatic N) is 2. The van der Waals surface area contributed by atoms with E-state index in [1.165, 1.54) is 12.0 Å². The molecule has 310 valence electrons. The number of carbonyl (C=O) groups is 4. The van der Waals surface area contributed by atoms with E-state index >= 15 is 0 Å². The molecule has 0 spiro atoms. The van der Waals surface area contributed by atoms with Crippen LogP contribution in [0.3, 0.4) is 0 Å². The summed E-state index contributed by atoms with van der Waals surface area (Å²) in [6.45, 7) is 3.71. The molecule has 58 heavy (non-hydrogen) atoms. The van der Waals surface area contributed by atoms with Crippen LogP contribution in [-0.4, -0.2) is 97.0 Å². The minimum absolute atomic E-state index is 0.0430. The van der Waals surface area contributed by atoms with E-state index in [4.69, 9.17) is 30.8 Å². The van der Waals surface area contributed by atoms with E-state index in [1.807, 2.05) is 31.2 Å². The topological polar surface area (TPSA) is 203 Å². The van der Waals surface area contributed by atoms with Crippen LogP contribution in [0.2, 0.25) is 5.02 Å². The zero-order valence-corrected chi connectivity index (χ0v) is 34.3. The molecule has 3 heterocycles. The van der Waals surface area contributed by atoms with Gasteiger partial charge >= 0.3 is 6.09 Å². The molecule has 0 bridgehead atoms. The van der Waals surface area contributed by atoms with Crippen LogP contribution in [0.4, 0.5) is 4.79 Å². The quantitative estimate of drug-likeness (QED) is 0.210. The Kier molecular flexibility index (Phi) is 11.5. The third kappa shape index (κ3) is 8.53. The molecular weight excluding hydrogens is 790 g/mol. The van der Waals surface area contributed by atoms with E-state index < -0.39 is 74.7 Å². The first-order chi connectivity index (χ1) is 27.6. The number of sulfonamides is 1. The van der Waals surface area contributed by atoms with Crippen molar-refractivity contribution in [1.82, 2.24) is 25.2 Å². The summed E-state index contributed by atoms with van der Waals surface area (Å²) >= 11 is 6.49. The Morgan fingerprint density at radius 3 is 2.50 bits per heavy atom. The summed E-state index contributed by atoms with van der Waals surface area (Å²) in [5.41, 5.74) is -0.385. The van der Waals surface area contributed by atoms with E-state index in [1.54, 1.807) is 44.4 Å². The van der Waals surface area contributed by atoms with E-state index in [0.717, 1.165) is 11.8 Å². The number of allylic oxidation sites excluding steroid dienone is 1. The average Bonchev–Trinajstić information content (AvgIpc) is 4.11. The fourth-order valence-corrected chi connectivity index (χ4v) is 9.80. The van der Waals surface area contributed by atoms with Crippen LogP contribution < -0.4 is 29.6 Å². The first kappa shape index (κ1) is 41.1. The molecule has 7 atom stereocenters. The average molecular weight is 838 g/mol. The van der Waals surface area contributed by atoms with Crippen molar-refractivity contribution in [3.05, 3.63) is 59.6 Å². The third-order valence-electron chi connectivity index (χ3n) is 11.6. The van der Waals surface area contributed by atoms with E-state index in [0.29, 0.717) is 58.8 Å². The van der Waals surface area contributed by atoms with Gasteiger partial charge < -0.3 is 34.9 Å². The Balaban J connectivity index is 1.25. The Hall–Kier alpha value is -5.09. The number of rotatable bonds is 9. The predicted octanol–water partition coefficient (Wildman–Crippen LogP) is 5.05. The van der Waals surface area contributed by atoms with E-state index in [-0.39, 0.29) is 31.2 Å². The Labute approximate surface area is 341 Å². The maximum Gasteiger partial charge on any atom is 0.405 e. The van der Waals surface area contributed by atoms with E-state index in [2.05, 4.69) is 15.4 Å². The number of fused-ring (bicyclic) bond motifs is 3. The third-order valence-corrected chi connectivity index (χ3v) is 13.7. The lowest BCUT2D eigenvalue weighted by Crippen LogP contribution is -2.59. The van der Waals surface area contributed by atoms with Gasteiger partial charge in [-0.15, -0.1) is 0 Å². The molecule has 2 aliphatic carbocycles. The number of hydrogen-bond acceptors (Lipinski definition) is 10. The molecular formula is C41H48ClN5O10S. The molecule has 4 aliphatic rings. The largest absolute Gasteiger partial charge is 0.497 e. The lowest BCUT2D eigenvalue weighted by Gasteiger charge is -2.32. The van der Waals surface area contributed by atoms with Crippen LogP contribution in [0.15, 0.2) is 54.6 Å². The van der Waals surface area contributed by atoms with Crippen LogP contribution in [-0.2, 0) is 24.4 Å². The Morgan fingerprint density at radius 2 is 1.81 bits per heavy atom. The minimum Gasteiger partial charge on any atom is -0.497 e. The van der Waals surface area contributed by atoms with E-state index in [9.17, 15) is 32.7 Å². The highest BCUT2D eigenvalue weighted by molar-refractivity contribution is 7.91. The van der Waals surface area contributed by atoms with Gasteiger partial charge in [0.15, 0.2) is 0 Å². The number of methoxy groups -OCH3 is 2. The van der Waals surface area contributed by atoms with Crippen molar-refractivity contribution in [3.63, 3.8) is 0 Å². The number of carbonyl (C=O) groups excluding carboxylic acids is 3. The number of benzene rings is 2. The molecule has 3 fully saturated rings. The van der Waals surface area contributed by atoms with Crippen molar-refractivity contribution >= 4 is 56.2 Å². The van der Waals surface area contributed by atoms with Crippen molar-refractivity contribution in [2.75, 3.05) is 20.8 Å². The zero-order chi connectivity index (χ0) is 41.5. The van der Waals surface area contributed by atoms with Crippen LogP contribution >= 0.6 is 11.6 Å². The summed E-state index contributed by atoms with van der Waals surface area (Å²) in [7, 11) is -0.864. The van der Waals surface area contributed by atoms with Crippen molar-refractivity contribution < 1.29 is 46.9 Å². The lowest BCUT2D eigenvalue weighted by molar-refractivity contribution is -0.142. The number of amides is 4. The summed E-state index contributed by atoms with van der Waals surface area (Å²) in [5.74, 6) is -1.68. The number of nitrogens with one attached hydrogen (secondary N) is 3. The fourth-order valence-electron chi connectivity index (χ4n) is 8.18. The highest BCUT2D eigenvalue weighted by Gasteiger charge is 2.62. The van der Waals surface area contributed by atoms with Gasteiger partial charge in [0.2, 0.25) is 27.7 Å². The number of carboxylic acid groups (broad SMARTS) is 1. The van der Waals surface area contributed by atoms with Crippen molar-refractivity contribution in [2.24, 2.45) is 17.8 Å². The number of halogens is 1. The second kappa shape index (κ2) is 16.3. The highest BCUT2D eigenvalue weighted by Crippen LogP contribution is 2.46. The van der Waals surface area contributed by atoms with Crippen molar-refractivity contribution in [3.8, 4) is 28.6 Å². The number of hydrogen-bond donors (Lipinski definition) is 4. The van der Waals surface area contributed by atoms with Crippen LogP contribution in [0.1, 0.15) is 58.8 Å². The lowest BCUT2D eigenvalue weighted by atomic mass is 9.88. The summed E-state index contributed by atoms with van der Waals surface area (Å²) < 4.78 is 45.4. The number of pyridine rings is 1. The molecule has 2 aliphatic heterocycles. The summed E-state index contributed by atoms with van der Waals surface area (Å²) in [6.07, 6.45) is 4.45. The molecule has 3 aromatic rings. The van der Waals surface area contributed by atoms with Gasteiger partial charge in [-0.05, 0) is 98.2 Å². The van der Waals surface area contributed by atoms with Crippen molar-refractivity contribution in [2.45, 2.75) is 87.8 Å². The summed E-state index contributed by atoms with van der Waals surface area (Å²) in [6, 6.07) is 10.1. The van der Waals surface area contributed by atoms with Crippen LogP contribution in [0, 0.1) is 17.8 Å². The Morgan fingerprint density at radius 1 is 1.03 bits per heavy atom. The van der Waals surface area contributed by atoms with Gasteiger partial charge in [0.1, 0.15) is 35.2 Å². The van der Waals surface area contributed by atoms with Gasteiger partial charge in [0, 0.05) is 23.3 Å². The highest BCUT2D eigenvalue weighted by atomic mass is 35.5. The van der Waals surface area contributed by atoms with Crippen LogP contribution in [0.5, 0.6) is 17.4 Å². The number of ether oxygens (including phenoxy) is 3. The SMILES string of the molecule is COc1ccc2c(O[C@@H]3C[C@H]4C(=O)N[C@]5(C(=O)NS(=O)(=O)C6CC6)C[C@H]5/C=C\CC[C@H](C)C[C@@H](C)[C@H](NC(=O)O)C(=O)N4C3)nc(-c3ccc(OC)c(Cl)c3)cc2c1. The summed E-state index contributed by atoms with van der Waals surface area (Å²) in [4.78, 5) is 61.2. The molecule has 2 saturated carbocycles.